The smallest absolute Gasteiger partial charge is 0.120 e. The van der Waals surface area contributed by atoms with Gasteiger partial charge in [0.2, 0.25) is 0 Å². The molecule has 1 heteroatoms. The van der Waals surface area contributed by atoms with E-state index in [1.165, 1.54) is 16.7 Å². The molecule has 3 rings (SSSR count). The standard InChI is InChI=1S/C16H16O/c1-12-5-4-8-15(9-12)17-16-10-13-6-2-3-7-14(13)11-16/h2-9,16H,10-11H2,1H3. The van der Waals surface area contributed by atoms with Gasteiger partial charge in [-0.05, 0) is 35.7 Å². The van der Waals surface area contributed by atoms with Gasteiger partial charge in [0.15, 0.2) is 0 Å². The Labute approximate surface area is 102 Å². The maximum absolute atomic E-state index is 6.04. The molecule has 0 saturated carbocycles. The Bertz CT molecular complexity index is 506. The molecule has 1 aliphatic carbocycles. The molecule has 0 aliphatic heterocycles. The lowest BCUT2D eigenvalue weighted by Gasteiger charge is -2.13. The first-order valence-corrected chi connectivity index (χ1v) is 6.11. The summed E-state index contributed by atoms with van der Waals surface area (Å²) in [5.41, 5.74) is 4.12. The third-order valence-corrected chi connectivity index (χ3v) is 3.31. The molecular formula is C16H16O. The van der Waals surface area contributed by atoms with Crippen molar-refractivity contribution < 1.29 is 4.74 Å². The van der Waals surface area contributed by atoms with Crippen molar-refractivity contribution in [2.75, 3.05) is 0 Å². The summed E-state index contributed by atoms with van der Waals surface area (Å²) < 4.78 is 6.04. The average Bonchev–Trinajstić information content (AvgIpc) is 2.71. The summed E-state index contributed by atoms with van der Waals surface area (Å²) in [7, 11) is 0. The van der Waals surface area contributed by atoms with E-state index in [0.29, 0.717) is 6.10 Å². The van der Waals surface area contributed by atoms with Crippen molar-refractivity contribution in [2.45, 2.75) is 25.9 Å². The molecule has 0 N–H and O–H groups in total. The summed E-state index contributed by atoms with van der Waals surface area (Å²) in [4.78, 5) is 0. The van der Waals surface area contributed by atoms with Crippen LogP contribution in [-0.2, 0) is 12.8 Å². The van der Waals surface area contributed by atoms with E-state index in [0.717, 1.165) is 18.6 Å². The Morgan fingerprint density at radius 1 is 0.941 bits per heavy atom. The molecule has 1 aliphatic rings. The lowest BCUT2D eigenvalue weighted by molar-refractivity contribution is 0.214. The van der Waals surface area contributed by atoms with Crippen molar-refractivity contribution in [2.24, 2.45) is 0 Å². The van der Waals surface area contributed by atoms with E-state index in [-0.39, 0.29) is 0 Å². The molecule has 0 heterocycles. The van der Waals surface area contributed by atoms with Crippen LogP contribution in [0.15, 0.2) is 48.5 Å². The van der Waals surface area contributed by atoms with Crippen LogP contribution in [0.5, 0.6) is 5.75 Å². The van der Waals surface area contributed by atoms with Gasteiger partial charge in [-0.3, -0.25) is 0 Å². The van der Waals surface area contributed by atoms with Crippen molar-refractivity contribution in [1.29, 1.82) is 0 Å². The van der Waals surface area contributed by atoms with Gasteiger partial charge in [0.1, 0.15) is 11.9 Å². The summed E-state index contributed by atoms with van der Waals surface area (Å²) >= 11 is 0. The number of ether oxygens (including phenoxy) is 1. The second kappa shape index (κ2) is 4.25. The fraction of sp³-hybridized carbons (Fsp3) is 0.250. The van der Waals surface area contributed by atoms with Gasteiger partial charge in [-0.1, -0.05) is 36.4 Å². The monoisotopic (exact) mass is 224 g/mol. The molecule has 86 valence electrons. The number of aryl methyl sites for hydroxylation is 1. The van der Waals surface area contributed by atoms with E-state index in [4.69, 9.17) is 4.74 Å². The van der Waals surface area contributed by atoms with E-state index >= 15 is 0 Å². The number of benzene rings is 2. The van der Waals surface area contributed by atoms with Crippen LogP contribution in [0.1, 0.15) is 16.7 Å². The molecule has 1 nitrogen and oxygen atoms in total. The van der Waals surface area contributed by atoms with Crippen molar-refractivity contribution >= 4 is 0 Å². The molecule has 0 spiro atoms. The summed E-state index contributed by atoms with van der Waals surface area (Å²) in [6.45, 7) is 2.09. The molecule has 0 saturated heterocycles. The lowest BCUT2D eigenvalue weighted by Crippen LogP contribution is -2.16. The quantitative estimate of drug-likeness (QED) is 0.758. The van der Waals surface area contributed by atoms with Crippen LogP contribution < -0.4 is 4.74 Å². The van der Waals surface area contributed by atoms with Crippen LogP contribution in [-0.4, -0.2) is 6.10 Å². The Kier molecular flexibility index (Phi) is 2.60. The van der Waals surface area contributed by atoms with Crippen LogP contribution in [0.25, 0.3) is 0 Å². The van der Waals surface area contributed by atoms with E-state index in [9.17, 15) is 0 Å². The van der Waals surface area contributed by atoms with Crippen LogP contribution in [0.2, 0.25) is 0 Å². The predicted octanol–water partition coefficient (Wildman–Crippen LogP) is 3.54. The number of fused-ring (bicyclic) bond motifs is 1. The molecule has 2 aromatic carbocycles. The summed E-state index contributed by atoms with van der Waals surface area (Å²) in [6.07, 6.45) is 2.36. The normalized spacial score (nSPS) is 14.6. The second-order valence-corrected chi connectivity index (χ2v) is 4.73. The first-order chi connectivity index (χ1) is 8.31. The van der Waals surface area contributed by atoms with Crippen molar-refractivity contribution in [3.63, 3.8) is 0 Å². The van der Waals surface area contributed by atoms with Crippen molar-refractivity contribution in [1.82, 2.24) is 0 Å². The van der Waals surface area contributed by atoms with E-state index in [1.807, 2.05) is 12.1 Å². The Morgan fingerprint density at radius 3 is 2.29 bits per heavy atom. The Morgan fingerprint density at radius 2 is 1.65 bits per heavy atom. The SMILES string of the molecule is Cc1cccc(OC2Cc3ccccc3C2)c1. The van der Waals surface area contributed by atoms with Gasteiger partial charge in [-0.15, -0.1) is 0 Å². The minimum absolute atomic E-state index is 0.300. The molecule has 0 atom stereocenters. The highest BCUT2D eigenvalue weighted by Crippen LogP contribution is 2.25. The largest absolute Gasteiger partial charge is 0.490 e. The zero-order valence-corrected chi connectivity index (χ0v) is 10.0. The molecule has 0 unspecified atom stereocenters. The highest BCUT2D eigenvalue weighted by atomic mass is 16.5. The highest BCUT2D eigenvalue weighted by molar-refractivity contribution is 5.34. The summed E-state index contributed by atoms with van der Waals surface area (Å²) in [5, 5.41) is 0. The predicted molar refractivity (Wildman–Crippen MR) is 69.4 cm³/mol. The third-order valence-electron chi connectivity index (χ3n) is 3.31. The van der Waals surface area contributed by atoms with Crippen molar-refractivity contribution in [3.8, 4) is 5.75 Å². The van der Waals surface area contributed by atoms with Gasteiger partial charge in [0.25, 0.3) is 0 Å². The first kappa shape index (κ1) is 10.4. The van der Waals surface area contributed by atoms with Crippen LogP contribution in [0, 0.1) is 6.92 Å². The maximum atomic E-state index is 6.04. The molecule has 2 aromatic rings. The zero-order chi connectivity index (χ0) is 11.7. The number of rotatable bonds is 2. The molecule has 0 radical (unpaired) electrons. The van der Waals surface area contributed by atoms with E-state index in [2.05, 4.69) is 43.3 Å². The highest BCUT2D eigenvalue weighted by Gasteiger charge is 2.22. The Balaban J connectivity index is 1.74. The molecule has 0 amide bonds. The third kappa shape index (κ3) is 2.19. The second-order valence-electron chi connectivity index (χ2n) is 4.73. The first-order valence-electron chi connectivity index (χ1n) is 6.11. The van der Waals surface area contributed by atoms with Gasteiger partial charge in [-0.2, -0.15) is 0 Å². The zero-order valence-electron chi connectivity index (χ0n) is 10.0. The van der Waals surface area contributed by atoms with Crippen LogP contribution in [0.4, 0.5) is 0 Å². The fourth-order valence-corrected chi connectivity index (χ4v) is 2.48. The molecule has 0 aromatic heterocycles. The van der Waals surface area contributed by atoms with Crippen molar-refractivity contribution in [3.05, 3.63) is 65.2 Å². The van der Waals surface area contributed by atoms with Crippen LogP contribution in [0.3, 0.4) is 0 Å². The molecular weight excluding hydrogens is 208 g/mol. The molecule has 0 bridgehead atoms. The summed E-state index contributed by atoms with van der Waals surface area (Å²) in [5.74, 6) is 0.989. The van der Waals surface area contributed by atoms with E-state index in [1.54, 1.807) is 0 Å². The van der Waals surface area contributed by atoms with Gasteiger partial charge >= 0.3 is 0 Å². The lowest BCUT2D eigenvalue weighted by atomic mass is 10.1. The van der Waals surface area contributed by atoms with Gasteiger partial charge < -0.3 is 4.74 Å². The number of hydrogen-bond donors (Lipinski definition) is 0. The Hall–Kier alpha value is -1.76. The molecule has 17 heavy (non-hydrogen) atoms. The van der Waals surface area contributed by atoms with Crippen LogP contribution >= 0.6 is 0 Å². The minimum Gasteiger partial charge on any atom is -0.490 e. The van der Waals surface area contributed by atoms with E-state index < -0.39 is 0 Å². The minimum atomic E-state index is 0.300. The topological polar surface area (TPSA) is 9.23 Å². The number of hydrogen-bond acceptors (Lipinski definition) is 1. The van der Waals surface area contributed by atoms with Gasteiger partial charge in [-0.25, -0.2) is 0 Å². The van der Waals surface area contributed by atoms with Gasteiger partial charge in [0.05, 0.1) is 0 Å². The fourth-order valence-electron chi connectivity index (χ4n) is 2.48. The average molecular weight is 224 g/mol. The maximum Gasteiger partial charge on any atom is 0.120 e. The summed E-state index contributed by atoms with van der Waals surface area (Å²) in [6, 6.07) is 16.9. The van der Waals surface area contributed by atoms with Gasteiger partial charge in [0, 0.05) is 12.8 Å². The molecule has 0 fully saturated rings.